The monoisotopic (exact) mass is 440 g/mol. The highest BCUT2D eigenvalue weighted by Gasteiger charge is 2.27. The standard InChI is InChI=1S/C24H29FN4O3/c25-16-18-14-19(7-9-23(18)27-31)26-20-6-8-22(15-20)32-17-24(30)29-12-10-28(11-13-29)21-4-2-1-3-5-21/h1-5,7,9,14,20,22,26H,6,8,10-13,15-17H2/t20-,22?/m1/s1. The van der Waals surface area contributed by atoms with Crippen molar-refractivity contribution >= 4 is 23.0 Å². The highest BCUT2D eigenvalue weighted by molar-refractivity contribution is 5.77. The van der Waals surface area contributed by atoms with Crippen molar-refractivity contribution in [3.8, 4) is 0 Å². The van der Waals surface area contributed by atoms with Crippen molar-refractivity contribution in [1.82, 2.24) is 4.90 Å². The van der Waals surface area contributed by atoms with Gasteiger partial charge in [-0.05, 0) is 54.8 Å². The van der Waals surface area contributed by atoms with E-state index >= 15 is 0 Å². The van der Waals surface area contributed by atoms with E-state index in [1.807, 2.05) is 23.1 Å². The molecule has 8 heteroatoms. The first-order valence-corrected chi connectivity index (χ1v) is 11.1. The van der Waals surface area contributed by atoms with Gasteiger partial charge < -0.3 is 19.9 Å². The summed E-state index contributed by atoms with van der Waals surface area (Å²) in [4.78, 5) is 27.5. The van der Waals surface area contributed by atoms with Crippen LogP contribution in [0.15, 0.2) is 53.7 Å². The molecule has 1 saturated carbocycles. The number of nitroso groups, excluding NO2 is 1. The molecule has 2 aromatic rings. The molecule has 2 atom stereocenters. The van der Waals surface area contributed by atoms with E-state index in [4.69, 9.17) is 4.74 Å². The number of rotatable bonds is 8. The SMILES string of the molecule is O=Nc1ccc(N[C@@H]2CCC(OCC(=O)N3CCN(c4ccccc4)CC3)C2)cc1CF. The first-order chi connectivity index (χ1) is 15.7. The average Bonchev–Trinajstić information content (AvgIpc) is 3.30. The summed E-state index contributed by atoms with van der Waals surface area (Å²) in [5.74, 6) is 0.0404. The van der Waals surface area contributed by atoms with Gasteiger partial charge in [0.1, 0.15) is 19.0 Å². The molecular formula is C24H29FN4O3. The maximum atomic E-state index is 13.1. The Labute approximate surface area is 187 Å². The molecule has 2 fully saturated rings. The normalized spacial score (nSPS) is 20.9. The molecule has 32 heavy (non-hydrogen) atoms. The molecule has 2 aliphatic rings. The lowest BCUT2D eigenvalue weighted by molar-refractivity contribution is -0.138. The third kappa shape index (κ3) is 5.43. The molecule has 0 bridgehead atoms. The van der Waals surface area contributed by atoms with Crippen LogP contribution in [0, 0.1) is 4.91 Å². The summed E-state index contributed by atoms with van der Waals surface area (Å²) in [7, 11) is 0. The first-order valence-electron chi connectivity index (χ1n) is 11.1. The molecule has 0 spiro atoms. The zero-order valence-corrected chi connectivity index (χ0v) is 18.1. The minimum atomic E-state index is -0.727. The predicted molar refractivity (Wildman–Crippen MR) is 123 cm³/mol. The zero-order chi connectivity index (χ0) is 22.3. The maximum Gasteiger partial charge on any atom is 0.248 e. The van der Waals surface area contributed by atoms with Gasteiger partial charge in [0, 0.05) is 49.2 Å². The molecule has 170 valence electrons. The van der Waals surface area contributed by atoms with E-state index in [1.165, 1.54) is 11.8 Å². The van der Waals surface area contributed by atoms with Gasteiger partial charge in [-0.15, -0.1) is 4.91 Å². The van der Waals surface area contributed by atoms with Gasteiger partial charge in [-0.1, -0.05) is 18.2 Å². The molecular weight excluding hydrogens is 411 g/mol. The van der Waals surface area contributed by atoms with Crippen LogP contribution in [-0.4, -0.2) is 55.7 Å². The average molecular weight is 441 g/mol. The van der Waals surface area contributed by atoms with Crippen molar-refractivity contribution in [2.45, 2.75) is 38.1 Å². The fourth-order valence-corrected chi connectivity index (χ4v) is 4.46. The molecule has 2 aromatic carbocycles. The third-order valence-electron chi connectivity index (χ3n) is 6.27. The third-order valence-corrected chi connectivity index (χ3v) is 6.27. The van der Waals surface area contributed by atoms with Gasteiger partial charge in [0.25, 0.3) is 0 Å². The number of hydrogen-bond donors (Lipinski definition) is 1. The van der Waals surface area contributed by atoms with Crippen LogP contribution in [0.25, 0.3) is 0 Å². The van der Waals surface area contributed by atoms with E-state index in [2.05, 4.69) is 27.5 Å². The van der Waals surface area contributed by atoms with E-state index in [1.54, 1.807) is 12.1 Å². The van der Waals surface area contributed by atoms with Crippen molar-refractivity contribution in [2.24, 2.45) is 5.18 Å². The summed E-state index contributed by atoms with van der Waals surface area (Å²) in [5, 5.41) is 6.23. The number of anilines is 2. The lowest BCUT2D eigenvalue weighted by Gasteiger charge is -2.36. The number of amides is 1. The molecule has 7 nitrogen and oxygen atoms in total. The molecule has 1 unspecified atom stereocenters. The molecule has 4 rings (SSSR count). The van der Waals surface area contributed by atoms with Crippen LogP contribution in [0.2, 0.25) is 0 Å². The number of ether oxygens (including phenoxy) is 1. The quantitative estimate of drug-likeness (QED) is 0.621. The van der Waals surface area contributed by atoms with E-state index in [9.17, 15) is 14.1 Å². The van der Waals surface area contributed by atoms with Crippen LogP contribution < -0.4 is 10.2 Å². The number of hydrogen-bond acceptors (Lipinski definition) is 6. The Morgan fingerprint density at radius 1 is 1.09 bits per heavy atom. The van der Waals surface area contributed by atoms with Crippen molar-refractivity contribution in [2.75, 3.05) is 43.0 Å². The topological polar surface area (TPSA) is 74.2 Å². The molecule has 0 radical (unpaired) electrons. The number of alkyl halides is 1. The lowest BCUT2D eigenvalue weighted by atomic mass is 10.1. The minimum Gasteiger partial charge on any atom is -0.382 e. The Morgan fingerprint density at radius 2 is 1.88 bits per heavy atom. The number of piperazine rings is 1. The number of carbonyl (C=O) groups is 1. The smallest absolute Gasteiger partial charge is 0.248 e. The Bertz CT molecular complexity index is 919. The van der Waals surface area contributed by atoms with Crippen LogP contribution in [0.1, 0.15) is 24.8 Å². The Kier molecular flexibility index (Phi) is 7.32. The highest BCUT2D eigenvalue weighted by Crippen LogP contribution is 2.29. The van der Waals surface area contributed by atoms with Crippen molar-refractivity contribution in [3.05, 3.63) is 59.0 Å². The fraction of sp³-hybridized carbons (Fsp3) is 0.458. The molecule has 1 amide bonds. The Morgan fingerprint density at radius 3 is 2.59 bits per heavy atom. The fourth-order valence-electron chi connectivity index (χ4n) is 4.46. The van der Waals surface area contributed by atoms with Gasteiger partial charge >= 0.3 is 0 Å². The van der Waals surface area contributed by atoms with Crippen LogP contribution in [-0.2, 0) is 16.2 Å². The lowest BCUT2D eigenvalue weighted by Crippen LogP contribution is -2.50. The molecule has 1 saturated heterocycles. The highest BCUT2D eigenvalue weighted by atomic mass is 19.1. The van der Waals surface area contributed by atoms with Crippen molar-refractivity contribution in [1.29, 1.82) is 0 Å². The second-order valence-electron chi connectivity index (χ2n) is 8.36. The van der Waals surface area contributed by atoms with E-state index < -0.39 is 6.67 Å². The summed E-state index contributed by atoms with van der Waals surface area (Å²) in [5.41, 5.74) is 2.38. The van der Waals surface area contributed by atoms with Crippen LogP contribution in [0.3, 0.4) is 0 Å². The molecule has 1 aliphatic heterocycles. The Balaban J connectivity index is 1.19. The summed E-state index contributed by atoms with van der Waals surface area (Å²) in [6.45, 7) is 2.43. The number of halogens is 1. The predicted octanol–water partition coefficient (Wildman–Crippen LogP) is 4.25. The van der Waals surface area contributed by atoms with Gasteiger partial charge in [-0.25, -0.2) is 4.39 Å². The number of nitrogens with one attached hydrogen (secondary N) is 1. The molecule has 1 aliphatic carbocycles. The van der Waals surface area contributed by atoms with Gasteiger partial charge in [0.05, 0.1) is 6.10 Å². The summed E-state index contributed by atoms with van der Waals surface area (Å²) in [6, 6.07) is 15.3. The molecule has 1 heterocycles. The van der Waals surface area contributed by atoms with E-state index in [0.717, 1.165) is 38.0 Å². The Hall–Kier alpha value is -3.00. The number of para-hydroxylation sites is 1. The number of carbonyl (C=O) groups excluding carboxylic acids is 1. The summed E-state index contributed by atoms with van der Waals surface area (Å²) >= 11 is 0. The second kappa shape index (κ2) is 10.5. The van der Waals surface area contributed by atoms with Gasteiger partial charge in [-0.3, -0.25) is 4.79 Å². The molecule has 1 N–H and O–H groups in total. The van der Waals surface area contributed by atoms with Gasteiger partial charge in [-0.2, -0.15) is 0 Å². The summed E-state index contributed by atoms with van der Waals surface area (Å²) in [6.07, 6.45) is 2.59. The van der Waals surface area contributed by atoms with Crippen LogP contribution in [0.4, 0.5) is 21.5 Å². The minimum absolute atomic E-state index is 0.0265. The van der Waals surface area contributed by atoms with Crippen LogP contribution in [0.5, 0.6) is 0 Å². The van der Waals surface area contributed by atoms with Gasteiger partial charge in [0.15, 0.2) is 0 Å². The molecule has 0 aromatic heterocycles. The van der Waals surface area contributed by atoms with Crippen LogP contribution >= 0.6 is 0 Å². The van der Waals surface area contributed by atoms with Crippen molar-refractivity contribution in [3.63, 3.8) is 0 Å². The summed E-state index contributed by atoms with van der Waals surface area (Å²) < 4.78 is 19.0. The maximum absolute atomic E-state index is 13.1. The van der Waals surface area contributed by atoms with Gasteiger partial charge in [0.2, 0.25) is 5.91 Å². The number of nitrogens with zero attached hydrogens (tertiary/aromatic N) is 3. The van der Waals surface area contributed by atoms with Crippen molar-refractivity contribution < 1.29 is 13.9 Å². The first kappa shape index (κ1) is 22.2. The van der Waals surface area contributed by atoms with E-state index in [-0.39, 0.29) is 35.9 Å². The largest absolute Gasteiger partial charge is 0.382 e. The van der Waals surface area contributed by atoms with E-state index in [0.29, 0.717) is 13.1 Å². The number of benzene rings is 2. The second-order valence-corrected chi connectivity index (χ2v) is 8.36. The zero-order valence-electron chi connectivity index (χ0n) is 18.1.